The molecule has 0 aliphatic carbocycles. The first-order valence-electron chi connectivity index (χ1n) is 27.3. The van der Waals surface area contributed by atoms with E-state index in [9.17, 15) is 9.59 Å². The number of carbonyl (C=O) groups is 2. The van der Waals surface area contributed by atoms with Crippen molar-refractivity contribution in [2.24, 2.45) is 0 Å². The topological polar surface area (TPSA) is 126 Å². The second-order valence-corrected chi connectivity index (χ2v) is 26.5. The van der Waals surface area contributed by atoms with Crippen LogP contribution in [0.2, 0.25) is 5.04 Å². The Kier molecular flexibility index (Phi) is 20.7. The van der Waals surface area contributed by atoms with Gasteiger partial charge in [-0.15, -0.1) is 0 Å². The van der Waals surface area contributed by atoms with Gasteiger partial charge in [-0.2, -0.15) is 0 Å². The van der Waals surface area contributed by atoms with Gasteiger partial charge < -0.3 is 47.1 Å². The third-order valence-electron chi connectivity index (χ3n) is 14.2. The molecule has 10 atom stereocenters. The second-order valence-electron chi connectivity index (χ2n) is 21.0. The number of rotatable bonds is 24. The van der Waals surface area contributed by atoms with Gasteiger partial charge >= 0.3 is 11.9 Å². The fraction of sp³-hybridized carbons (Fsp3) is 0.333. The van der Waals surface area contributed by atoms with Gasteiger partial charge in [0.15, 0.2) is 18.5 Å². The Balaban J connectivity index is 1.12. The van der Waals surface area contributed by atoms with Crippen LogP contribution in [0.1, 0.15) is 56.9 Å². The molecule has 0 bridgehead atoms. The summed E-state index contributed by atoms with van der Waals surface area (Å²) in [5.41, 5.74) is 2.97. The first-order chi connectivity index (χ1) is 38.9. The van der Waals surface area contributed by atoms with Gasteiger partial charge in [-0.05, 0) is 49.8 Å². The first-order valence-corrected chi connectivity index (χ1v) is 30.1. The summed E-state index contributed by atoms with van der Waals surface area (Å²) in [7, 11) is -3.21. The number of benzene rings is 7. The minimum Gasteiger partial charge on any atom is -0.457 e. The van der Waals surface area contributed by atoms with Crippen LogP contribution in [0.25, 0.3) is 0 Å². The third-order valence-corrected chi connectivity index (χ3v) is 20.4. The summed E-state index contributed by atoms with van der Waals surface area (Å²) in [6.45, 7) is 9.87. The maximum Gasteiger partial charge on any atom is 0.303 e. The molecule has 2 saturated heterocycles. The van der Waals surface area contributed by atoms with Crippen LogP contribution in [0.5, 0.6) is 0 Å². The molecule has 7 aromatic rings. The number of hydrogen-bond donors (Lipinski definition) is 0. The lowest BCUT2D eigenvalue weighted by Crippen LogP contribution is -2.69. The smallest absolute Gasteiger partial charge is 0.303 e. The molecule has 2 aliphatic heterocycles. The fourth-order valence-electron chi connectivity index (χ4n) is 10.5. The largest absolute Gasteiger partial charge is 0.457 e. The van der Waals surface area contributed by atoms with Crippen molar-refractivity contribution in [1.29, 1.82) is 0 Å². The molecule has 2 aliphatic rings. The lowest BCUT2D eigenvalue weighted by atomic mass is 9.97. The van der Waals surface area contributed by atoms with Crippen LogP contribution in [-0.2, 0) is 83.1 Å². The molecule has 0 saturated carbocycles. The SMILES string of the molecule is CC(=O)O[C@H]1[C@H](OCc2ccccc2)[C@@H](OCc2ccccc2)[C@@H](Sc2ccccc2)O[C@@H]1CO[C@H]1O[C@H](CO[Si](c2ccccc2)(c2ccccc2)C(C)(C)C)[C@@H](OC(C)=O)[C@H](OCc2ccccc2)[C@H]1OCc1ccccc1. The Morgan fingerprint density at radius 2 is 0.775 bits per heavy atom. The Bertz CT molecular complexity index is 2900. The summed E-state index contributed by atoms with van der Waals surface area (Å²) in [4.78, 5) is 27.8. The van der Waals surface area contributed by atoms with E-state index in [4.69, 9.17) is 47.1 Å². The number of esters is 2. The van der Waals surface area contributed by atoms with Gasteiger partial charge in [0.25, 0.3) is 8.32 Å². The van der Waals surface area contributed by atoms with Gasteiger partial charge in [0.05, 0.1) is 39.6 Å². The van der Waals surface area contributed by atoms with Gasteiger partial charge in [0.2, 0.25) is 0 Å². The van der Waals surface area contributed by atoms with Crippen LogP contribution in [0.3, 0.4) is 0 Å². The van der Waals surface area contributed by atoms with Crippen LogP contribution in [0.4, 0.5) is 0 Å². The first kappa shape index (κ1) is 58.4. The average molecular weight is 1120 g/mol. The van der Waals surface area contributed by atoms with Crippen molar-refractivity contribution in [3.8, 4) is 0 Å². The molecule has 418 valence electrons. The zero-order chi connectivity index (χ0) is 55.7. The van der Waals surface area contributed by atoms with Gasteiger partial charge in [-0.1, -0.05) is 233 Å². The predicted molar refractivity (Wildman–Crippen MR) is 310 cm³/mol. The lowest BCUT2D eigenvalue weighted by Gasteiger charge is -2.48. The van der Waals surface area contributed by atoms with E-state index in [1.165, 1.54) is 25.6 Å². The van der Waals surface area contributed by atoms with Crippen LogP contribution in [0, 0.1) is 0 Å². The molecule has 0 unspecified atom stereocenters. The van der Waals surface area contributed by atoms with Crippen LogP contribution in [0.15, 0.2) is 217 Å². The van der Waals surface area contributed by atoms with Gasteiger partial charge in [-0.3, -0.25) is 9.59 Å². The van der Waals surface area contributed by atoms with Crippen molar-refractivity contribution < 1.29 is 56.6 Å². The fourth-order valence-corrected chi connectivity index (χ4v) is 16.2. The van der Waals surface area contributed by atoms with Crippen molar-refractivity contribution in [1.82, 2.24) is 0 Å². The maximum absolute atomic E-state index is 13.5. The zero-order valence-electron chi connectivity index (χ0n) is 46.0. The number of hydrogen-bond acceptors (Lipinski definition) is 13. The molecule has 0 amide bonds. The molecule has 0 aromatic heterocycles. The van der Waals surface area contributed by atoms with E-state index in [-0.39, 0.29) is 39.6 Å². The molecule has 2 fully saturated rings. The highest BCUT2D eigenvalue weighted by atomic mass is 32.2. The molecule has 0 radical (unpaired) electrons. The predicted octanol–water partition coefficient (Wildman–Crippen LogP) is 11.0. The van der Waals surface area contributed by atoms with E-state index < -0.39 is 85.9 Å². The lowest BCUT2D eigenvalue weighted by molar-refractivity contribution is -0.329. The summed E-state index contributed by atoms with van der Waals surface area (Å²) < 4.78 is 69.4. The molecule has 0 N–H and O–H groups in total. The summed E-state index contributed by atoms with van der Waals surface area (Å²) in [6.07, 6.45) is -8.76. The molecule has 12 nitrogen and oxygen atoms in total. The molecule has 14 heteroatoms. The van der Waals surface area contributed by atoms with Crippen LogP contribution in [-0.4, -0.2) is 94.0 Å². The van der Waals surface area contributed by atoms with Crippen LogP contribution < -0.4 is 10.4 Å². The number of ether oxygens (including phenoxy) is 9. The number of carbonyl (C=O) groups excluding carboxylic acids is 2. The molecule has 80 heavy (non-hydrogen) atoms. The van der Waals surface area contributed by atoms with E-state index in [1.807, 2.05) is 188 Å². The van der Waals surface area contributed by atoms with Crippen molar-refractivity contribution in [3.05, 3.63) is 235 Å². The Morgan fingerprint density at radius 3 is 1.18 bits per heavy atom. The van der Waals surface area contributed by atoms with E-state index in [1.54, 1.807) is 0 Å². The van der Waals surface area contributed by atoms with E-state index >= 15 is 0 Å². The third kappa shape index (κ3) is 15.2. The minimum atomic E-state index is -3.21. The average Bonchev–Trinajstić information content (AvgIpc) is 3.44. The molecular formula is C66H72O12SSi. The zero-order valence-corrected chi connectivity index (χ0v) is 47.8. The second kappa shape index (κ2) is 28.4. The van der Waals surface area contributed by atoms with E-state index in [0.717, 1.165) is 37.5 Å². The Morgan fingerprint density at radius 1 is 0.425 bits per heavy atom. The summed E-state index contributed by atoms with van der Waals surface area (Å²) in [6, 6.07) is 69.9. The number of thioether (sulfide) groups is 1. The Hall–Kier alpha value is -6.27. The summed E-state index contributed by atoms with van der Waals surface area (Å²) in [5.74, 6) is -1.07. The Labute approximate surface area is 476 Å². The maximum atomic E-state index is 13.5. The van der Waals surface area contributed by atoms with Gasteiger partial charge in [-0.25, -0.2) is 0 Å². The summed E-state index contributed by atoms with van der Waals surface area (Å²) in [5, 5.41) is 1.73. The molecular weight excluding hydrogens is 1040 g/mol. The van der Waals surface area contributed by atoms with E-state index in [0.29, 0.717) is 0 Å². The molecule has 2 heterocycles. The van der Waals surface area contributed by atoms with Crippen molar-refractivity contribution >= 4 is 42.4 Å². The molecule has 9 rings (SSSR count). The van der Waals surface area contributed by atoms with Crippen molar-refractivity contribution in [2.45, 2.75) is 132 Å². The van der Waals surface area contributed by atoms with Gasteiger partial charge in [0, 0.05) is 18.7 Å². The molecule has 0 spiro atoms. The molecule has 7 aromatic carbocycles. The van der Waals surface area contributed by atoms with Crippen LogP contribution >= 0.6 is 11.8 Å². The summed E-state index contributed by atoms with van der Waals surface area (Å²) >= 11 is 1.48. The van der Waals surface area contributed by atoms with E-state index in [2.05, 4.69) is 45.0 Å². The van der Waals surface area contributed by atoms with Crippen molar-refractivity contribution in [2.75, 3.05) is 13.2 Å². The minimum absolute atomic E-state index is 0.0245. The highest BCUT2D eigenvalue weighted by molar-refractivity contribution is 7.99. The quantitative estimate of drug-likeness (QED) is 0.0421. The normalized spacial score (nSPS) is 23.2. The van der Waals surface area contributed by atoms with Gasteiger partial charge in [0.1, 0.15) is 42.1 Å². The van der Waals surface area contributed by atoms with Crippen molar-refractivity contribution in [3.63, 3.8) is 0 Å². The monoisotopic (exact) mass is 1120 g/mol. The highest BCUT2D eigenvalue weighted by Gasteiger charge is 2.56. The highest BCUT2D eigenvalue weighted by Crippen LogP contribution is 2.41. The standard InChI is InChI=1S/C66H72O12SSi/c1-47(67)75-58-56(78-65(79-53-35-21-10-22-36-53)63(72-44-52-33-19-9-20-34-52)61(58)70-42-50-29-15-7-16-30-50)45-73-64-62(71-43-51-31-17-8-18-32-51)60(69-41-49-27-13-6-14-28-49)59(76-48(2)68)57(77-64)46-74-80(66(3,4)5,54-37-23-11-24-38-54)55-39-25-12-26-40-55/h6-40,56-65H,41-46H2,1-5H3/t56-,57-,58-,59-,60+,61+,62-,63-,64+,65-/m1/s1.